The van der Waals surface area contributed by atoms with Crippen LogP contribution in [0.2, 0.25) is 0 Å². The van der Waals surface area contributed by atoms with Gasteiger partial charge < -0.3 is 14.5 Å². The standard InChI is InChI=1S/C20H18FNO5S/c1-26-16-8-4-14(5-9-16)20(23)22-13-19(18-3-2-12-27-18)28(24,25)17-10-6-15(21)7-11-17/h2-12,19H,13H2,1H3,(H,22,23)/t19-/m0/s1. The van der Waals surface area contributed by atoms with Crippen LogP contribution in [-0.2, 0) is 9.84 Å². The Kier molecular flexibility index (Phi) is 5.79. The lowest BCUT2D eigenvalue weighted by atomic mass is 10.2. The Hall–Kier alpha value is -3.13. The number of hydrogen-bond acceptors (Lipinski definition) is 5. The van der Waals surface area contributed by atoms with Crippen LogP contribution in [0.1, 0.15) is 21.4 Å². The molecule has 0 aliphatic carbocycles. The van der Waals surface area contributed by atoms with Gasteiger partial charge in [-0.05, 0) is 60.7 Å². The maximum Gasteiger partial charge on any atom is 0.251 e. The Bertz CT molecular complexity index is 1030. The second kappa shape index (κ2) is 8.26. The van der Waals surface area contributed by atoms with E-state index in [0.29, 0.717) is 11.3 Å². The van der Waals surface area contributed by atoms with Crippen LogP contribution < -0.4 is 10.1 Å². The Labute approximate surface area is 161 Å². The summed E-state index contributed by atoms with van der Waals surface area (Å²) in [6.07, 6.45) is 1.35. The number of rotatable bonds is 7. The summed E-state index contributed by atoms with van der Waals surface area (Å²) in [5.41, 5.74) is 0.359. The molecule has 0 bridgehead atoms. The highest BCUT2D eigenvalue weighted by atomic mass is 32.2. The topological polar surface area (TPSA) is 85.6 Å². The third-order valence-electron chi connectivity index (χ3n) is 4.18. The molecule has 0 spiro atoms. The number of hydrogen-bond donors (Lipinski definition) is 1. The summed E-state index contributed by atoms with van der Waals surface area (Å²) < 4.78 is 49.5. The van der Waals surface area contributed by atoms with Crippen LogP contribution in [0.5, 0.6) is 5.75 Å². The summed E-state index contributed by atoms with van der Waals surface area (Å²) in [7, 11) is -2.41. The summed E-state index contributed by atoms with van der Waals surface area (Å²) >= 11 is 0. The van der Waals surface area contributed by atoms with Crippen molar-refractivity contribution in [3.8, 4) is 5.75 Å². The molecule has 2 aromatic carbocycles. The van der Waals surface area contributed by atoms with Crippen molar-refractivity contribution < 1.29 is 26.8 Å². The molecule has 0 saturated heterocycles. The molecule has 1 heterocycles. The summed E-state index contributed by atoms with van der Waals surface area (Å²) in [5, 5.41) is 1.46. The zero-order valence-electron chi connectivity index (χ0n) is 15.0. The molecule has 1 amide bonds. The van der Waals surface area contributed by atoms with E-state index in [-0.39, 0.29) is 17.2 Å². The third kappa shape index (κ3) is 4.23. The maximum absolute atomic E-state index is 13.2. The highest BCUT2D eigenvalue weighted by molar-refractivity contribution is 7.91. The highest BCUT2D eigenvalue weighted by Crippen LogP contribution is 2.29. The fourth-order valence-corrected chi connectivity index (χ4v) is 4.24. The van der Waals surface area contributed by atoms with Crippen molar-refractivity contribution in [2.24, 2.45) is 0 Å². The molecule has 1 N–H and O–H groups in total. The minimum atomic E-state index is -3.92. The first kappa shape index (κ1) is 19.6. The van der Waals surface area contributed by atoms with E-state index in [2.05, 4.69) is 5.32 Å². The van der Waals surface area contributed by atoms with Crippen LogP contribution in [0.3, 0.4) is 0 Å². The van der Waals surface area contributed by atoms with Gasteiger partial charge in [-0.2, -0.15) is 0 Å². The van der Waals surface area contributed by atoms with E-state index in [1.54, 1.807) is 30.3 Å². The number of furan rings is 1. The van der Waals surface area contributed by atoms with Crippen LogP contribution in [0.15, 0.2) is 76.2 Å². The molecule has 28 heavy (non-hydrogen) atoms. The van der Waals surface area contributed by atoms with E-state index in [1.165, 1.54) is 31.6 Å². The second-order valence-electron chi connectivity index (χ2n) is 5.94. The number of nitrogens with one attached hydrogen (secondary N) is 1. The van der Waals surface area contributed by atoms with Crippen LogP contribution in [0.25, 0.3) is 0 Å². The average Bonchev–Trinajstić information content (AvgIpc) is 3.22. The Morgan fingerprint density at radius 2 is 1.79 bits per heavy atom. The first-order valence-electron chi connectivity index (χ1n) is 8.37. The molecule has 0 aliphatic rings. The summed E-state index contributed by atoms with van der Waals surface area (Å²) in [5.74, 6) is -0.196. The van der Waals surface area contributed by atoms with E-state index >= 15 is 0 Å². The molecule has 3 rings (SSSR count). The SMILES string of the molecule is COc1ccc(C(=O)NC[C@@H](c2ccco2)S(=O)(=O)c2ccc(F)cc2)cc1. The first-order valence-corrected chi connectivity index (χ1v) is 9.91. The molecule has 146 valence electrons. The number of methoxy groups -OCH3 is 1. The Morgan fingerprint density at radius 3 is 2.36 bits per heavy atom. The van der Waals surface area contributed by atoms with Gasteiger partial charge in [0.2, 0.25) is 0 Å². The van der Waals surface area contributed by atoms with E-state index in [1.807, 2.05) is 0 Å². The quantitative estimate of drug-likeness (QED) is 0.612. The molecule has 0 unspecified atom stereocenters. The predicted octanol–water partition coefficient (Wildman–Crippen LogP) is 3.37. The van der Waals surface area contributed by atoms with Crippen LogP contribution in [0.4, 0.5) is 4.39 Å². The highest BCUT2D eigenvalue weighted by Gasteiger charge is 2.32. The van der Waals surface area contributed by atoms with Gasteiger partial charge in [0.1, 0.15) is 22.6 Å². The summed E-state index contributed by atoms with van der Waals surface area (Å²) in [4.78, 5) is 12.3. The van der Waals surface area contributed by atoms with Gasteiger partial charge in [0.25, 0.3) is 5.91 Å². The van der Waals surface area contributed by atoms with Crippen molar-refractivity contribution in [1.29, 1.82) is 0 Å². The number of carbonyl (C=O) groups excluding carboxylic acids is 1. The van der Waals surface area contributed by atoms with Crippen LogP contribution in [0, 0.1) is 5.82 Å². The van der Waals surface area contributed by atoms with E-state index < -0.39 is 26.8 Å². The molecule has 8 heteroatoms. The number of sulfone groups is 1. The van der Waals surface area contributed by atoms with Gasteiger partial charge in [0.05, 0.1) is 18.3 Å². The maximum atomic E-state index is 13.2. The second-order valence-corrected chi connectivity index (χ2v) is 8.07. The van der Waals surface area contributed by atoms with Crippen molar-refractivity contribution >= 4 is 15.7 Å². The molecule has 1 aromatic heterocycles. The van der Waals surface area contributed by atoms with Gasteiger partial charge >= 0.3 is 0 Å². The zero-order valence-corrected chi connectivity index (χ0v) is 15.8. The van der Waals surface area contributed by atoms with Crippen LogP contribution >= 0.6 is 0 Å². The van der Waals surface area contributed by atoms with Gasteiger partial charge in [-0.3, -0.25) is 4.79 Å². The number of halogens is 1. The minimum Gasteiger partial charge on any atom is -0.497 e. The predicted molar refractivity (Wildman–Crippen MR) is 100 cm³/mol. The van der Waals surface area contributed by atoms with Crippen molar-refractivity contribution in [3.05, 3.63) is 84.1 Å². The average molecular weight is 403 g/mol. The van der Waals surface area contributed by atoms with E-state index in [0.717, 1.165) is 12.1 Å². The van der Waals surface area contributed by atoms with Crippen molar-refractivity contribution in [2.45, 2.75) is 10.1 Å². The molecule has 0 radical (unpaired) electrons. The van der Waals surface area contributed by atoms with Crippen molar-refractivity contribution in [3.63, 3.8) is 0 Å². The van der Waals surface area contributed by atoms with Gasteiger partial charge in [-0.25, -0.2) is 12.8 Å². The number of ether oxygens (including phenoxy) is 1. The van der Waals surface area contributed by atoms with Gasteiger partial charge in [-0.1, -0.05) is 0 Å². The first-order chi connectivity index (χ1) is 13.4. The van der Waals surface area contributed by atoms with E-state index in [4.69, 9.17) is 9.15 Å². The van der Waals surface area contributed by atoms with E-state index in [9.17, 15) is 17.6 Å². The third-order valence-corrected chi connectivity index (χ3v) is 6.25. The van der Waals surface area contributed by atoms with Crippen molar-refractivity contribution in [1.82, 2.24) is 5.32 Å². The lowest BCUT2D eigenvalue weighted by molar-refractivity contribution is 0.0953. The van der Waals surface area contributed by atoms with Gasteiger partial charge in [0.15, 0.2) is 9.84 Å². The number of amides is 1. The normalized spacial score (nSPS) is 12.4. The van der Waals surface area contributed by atoms with Gasteiger partial charge in [-0.15, -0.1) is 0 Å². The Balaban J connectivity index is 1.83. The van der Waals surface area contributed by atoms with Crippen molar-refractivity contribution in [2.75, 3.05) is 13.7 Å². The molecule has 3 aromatic rings. The number of carbonyl (C=O) groups is 1. The van der Waals surface area contributed by atoms with Gasteiger partial charge in [0, 0.05) is 12.1 Å². The largest absolute Gasteiger partial charge is 0.497 e. The monoisotopic (exact) mass is 403 g/mol. The fourth-order valence-electron chi connectivity index (χ4n) is 2.66. The zero-order chi connectivity index (χ0) is 20.1. The van der Waals surface area contributed by atoms with Crippen LogP contribution in [-0.4, -0.2) is 28.0 Å². The number of benzene rings is 2. The molecule has 0 saturated carbocycles. The molecule has 6 nitrogen and oxygen atoms in total. The Morgan fingerprint density at radius 1 is 1.11 bits per heavy atom. The fraction of sp³-hybridized carbons (Fsp3) is 0.150. The molecule has 0 aliphatic heterocycles. The minimum absolute atomic E-state index is 0.0611. The lowest BCUT2D eigenvalue weighted by Crippen LogP contribution is -2.31. The molecule has 1 atom stereocenters. The lowest BCUT2D eigenvalue weighted by Gasteiger charge is -2.17. The molecular weight excluding hydrogens is 385 g/mol. The smallest absolute Gasteiger partial charge is 0.251 e. The summed E-state index contributed by atoms with van der Waals surface area (Å²) in [6.45, 7) is -0.210. The summed E-state index contributed by atoms with van der Waals surface area (Å²) in [6, 6.07) is 14.0. The molecule has 0 fully saturated rings. The molecular formula is C20H18FNO5S.